The first kappa shape index (κ1) is 12.0. The summed E-state index contributed by atoms with van der Waals surface area (Å²) in [6.45, 7) is 6.17. The molecular weight excluding hydrogens is 194 g/mol. The van der Waals surface area contributed by atoms with E-state index in [4.69, 9.17) is 15.2 Å². The van der Waals surface area contributed by atoms with Crippen LogP contribution in [0.4, 0.5) is 0 Å². The molecule has 1 aliphatic carbocycles. The Kier molecular flexibility index (Phi) is 4.15. The van der Waals surface area contributed by atoms with Crippen molar-refractivity contribution in [2.24, 2.45) is 5.73 Å². The van der Waals surface area contributed by atoms with Crippen molar-refractivity contribution in [2.75, 3.05) is 6.61 Å². The van der Waals surface area contributed by atoms with Gasteiger partial charge in [-0.05, 0) is 33.6 Å². The van der Waals surface area contributed by atoms with Gasteiger partial charge in [0.2, 0.25) is 0 Å². The first-order valence-electron chi connectivity index (χ1n) is 5.37. The summed E-state index contributed by atoms with van der Waals surface area (Å²) in [7, 11) is 0. The van der Waals surface area contributed by atoms with Gasteiger partial charge in [0.15, 0.2) is 0 Å². The van der Waals surface area contributed by atoms with Gasteiger partial charge < -0.3 is 15.2 Å². The summed E-state index contributed by atoms with van der Waals surface area (Å²) >= 11 is 0. The Bertz CT molecular complexity index is 271. The van der Waals surface area contributed by atoms with E-state index in [1.165, 1.54) is 0 Å². The predicted octanol–water partition coefficient (Wildman–Crippen LogP) is 1.35. The highest BCUT2D eigenvalue weighted by Crippen LogP contribution is 2.26. The van der Waals surface area contributed by atoms with Crippen LogP contribution >= 0.6 is 0 Å². The average molecular weight is 213 g/mol. The second-order valence-electron chi connectivity index (χ2n) is 3.87. The Morgan fingerprint density at radius 1 is 1.60 bits per heavy atom. The number of ether oxygens (including phenoxy) is 2. The molecule has 0 saturated carbocycles. The minimum Gasteiger partial charge on any atom is -0.460 e. The quantitative estimate of drug-likeness (QED) is 0.716. The summed E-state index contributed by atoms with van der Waals surface area (Å²) in [4.78, 5) is 11.6. The molecule has 0 heterocycles. The van der Waals surface area contributed by atoms with Gasteiger partial charge in [0.25, 0.3) is 0 Å². The normalized spacial score (nSPS) is 21.2. The lowest BCUT2D eigenvalue weighted by molar-refractivity contribution is -0.142. The first-order chi connectivity index (χ1) is 7.06. The van der Waals surface area contributed by atoms with Crippen molar-refractivity contribution in [2.45, 2.75) is 45.8 Å². The standard InChI is InChI=1S/C11H19NO3/c1-4-14-9-6-5-8(10(9)12)11(13)15-7(2)3/h7,9H,4-6,12H2,1-3H3. The van der Waals surface area contributed by atoms with Crippen LogP contribution in [-0.2, 0) is 14.3 Å². The van der Waals surface area contributed by atoms with Gasteiger partial charge in [-0.2, -0.15) is 0 Å². The second kappa shape index (κ2) is 5.16. The first-order valence-corrected chi connectivity index (χ1v) is 5.37. The van der Waals surface area contributed by atoms with Crippen molar-refractivity contribution < 1.29 is 14.3 Å². The highest BCUT2D eigenvalue weighted by Gasteiger charge is 2.29. The summed E-state index contributed by atoms with van der Waals surface area (Å²) in [6, 6.07) is 0. The van der Waals surface area contributed by atoms with E-state index in [-0.39, 0.29) is 18.2 Å². The van der Waals surface area contributed by atoms with Crippen LogP contribution in [0.5, 0.6) is 0 Å². The molecule has 0 aliphatic heterocycles. The fraction of sp³-hybridized carbons (Fsp3) is 0.727. The lowest BCUT2D eigenvalue weighted by atomic mass is 10.2. The van der Waals surface area contributed by atoms with E-state index in [0.29, 0.717) is 24.3 Å². The summed E-state index contributed by atoms with van der Waals surface area (Å²) in [5.41, 5.74) is 6.97. The molecule has 0 spiro atoms. The van der Waals surface area contributed by atoms with Gasteiger partial charge in [0, 0.05) is 12.3 Å². The molecule has 0 fully saturated rings. The van der Waals surface area contributed by atoms with Crippen molar-refractivity contribution in [3.63, 3.8) is 0 Å². The zero-order valence-electron chi connectivity index (χ0n) is 9.58. The van der Waals surface area contributed by atoms with E-state index in [2.05, 4.69) is 0 Å². The number of hydrogen-bond acceptors (Lipinski definition) is 4. The van der Waals surface area contributed by atoms with Gasteiger partial charge in [0.05, 0.1) is 17.8 Å². The Balaban J connectivity index is 2.65. The molecule has 1 aliphatic rings. The van der Waals surface area contributed by atoms with Gasteiger partial charge >= 0.3 is 5.97 Å². The molecule has 0 bridgehead atoms. The van der Waals surface area contributed by atoms with E-state index >= 15 is 0 Å². The Morgan fingerprint density at radius 3 is 2.80 bits per heavy atom. The lowest BCUT2D eigenvalue weighted by Crippen LogP contribution is -2.20. The van der Waals surface area contributed by atoms with Crippen molar-refractivity contribution >= 4 is 5.97 Å². The average Bonchev–Trinajstić information content (AvgIpc) is 2.48. The minimum absolute atomic E-state index is 0.107. The van der Waals surface area contributed by atoms with Gasteiger partial charge in [-0.3, -0.25) is 0 Å². The molecule has 1 rings (SSSR count). The highest BCUT2D eigenvalue weighted by atomic mass is 16.5. The summed E-state index contributed by atoms with van der Waals surface area (Å²) in [6.07, 6.45) is 1.22. The SMILES string of the molecule is CCOC1CCC(C(=O)OC(C)C)=C1N. The predicted molar refractivity (Wildman–Crippen MR) is 57.1 cm³/mol. The molecule has 0 radical (unpaired) electrons. The third-order valence-corrected chi connectivity index (χ3v) is 2.31. The number of carbonyl (C=O) groups excluding carboxylic acids is 1. The van der Waals surface area contributed by atoms with Gasteiger partial charge in [-0.25, -0.2) is 4.79 Å². The third-order valence-electron chi connectivity index (χ3n) is 2.31. The number of esters is 1. The number of hydrogen-bond donors (Lipinski definition) is 1. The van der Waals surface area contributed by atoms with E-state index in [9.17, 15) is 4.79 Å². The van der Waals surface area contributed by atoms with Gasteiger partial charge in [-0.1, -0.05) is 0 Å². The smallest absolute Gasteiger partial charge is 0.336 e. The molecule has 0 aromatic carbocycles. The molecule has 0 aromatic rings. The monoisotopic (exact) mass is 213 g/mol. The molecule has 0 aromatic heterocycles. The number of carbonyl (C=O) groups is 1. The molecule has 4 heteroatoms. The molecular formula is C11H19NO3. The zero-order chi connectivity index (χ0) is 11.4. The fourth-order valence-electron chi connectivity index (χ4n) is 1.65. The van der Waals surface area contributed by atoms with Crippen molar-refractivity contribution in [1.29, 1.82) is 0 Å². The van der Waals surface area contributed by atoms with E-state index in [1.807, 2.05) is 20.8 Å². The Hall–Kier alpha value is -1.03. The van der Waals surface area contributed by atoms with Crippen LogP contribution in [0, 0.1) is 0 Å². The maximum absolute atomic E-state index is 11.6. The Labute approximate surface area is 90.4 Å². The highest BCUT2D eigenvalue weighted by molar-refractivity contribution is 5.90. The maximum Gasteiger partial charge on any atom is 0.336 e. The number of rotatable bonds is 4. The van der Waals surface area contributed by atoms with Crippen molar-refractivity contribution in [3.8, 4) is 0 Å². The second-order valence-corrected chi connectivity index (χ2v) is 3.87. The molecule has 1 unspecified atom stereocenters. The van der Waals surface area contributed by atoms with Gasteiger partial charge in [0.1, 0.15) is 0 Å². The summed E-state index contributed by atoms with van der Waals surface area (Å²) in [5, 5.41) is 0. The Morgan fingerprint density at radius 2 is 2.27 bits per heavy atom. The van der Waals surface area contributed by atoms with Crippen LogP contribution in [0.1, 0.15) is 33.6 Å². The van der Waals surface area contributed by atoms with Crippen LogP contribution in [0.15, 0.2) is 11.3 Å². The summed E-state index contributed by atoms with van der Waals surface area (Å²) < 4.78 is 10.5. The molecule has 0 amide bonds. The van der Waals surface area contributed by atoms with Crippen molar-refractivity contribution in [3.05, 3.63) is 11.3 Å². The minimum atomic E-state index is -0.301. The molecule has 15 heavy (non-hydrogen) atoms. The van der Waals surface area contributed by atoms with Crippen molar-refractivity contribution in [1.82, 2.24) is 0 Å². The van der Waals surface area contributed by atoms with Gasteiger partial charge in [-0.15, -0.1) is 0 Å². The third kappa shape index (κ3) is 2.96. The molecule has 0 saturated heterocycles. The molecule has 1 atom stereocenters. The molecule has 86 valence electrons. The number of nitrogens with two attached hydrogens (primary N) is 1. The van der Waals surface area contributed by atoms with E-state index in [0.717, 1.165) is 6.42 Å². The van der Waals surface area contributed by atoms with Crippen LogP contribution < -0.4 is 5.73 Å². The van der Waals surface area contributed by atoms with Crippen LogP contribution in [0.2, 0.25) is 0 Å². The van der Waals surface area contributed by atoms with Crippen LogP contribution in [-0.4, -0.2) is 24.8 Å². The maximum atomic E-state index is 11.6. The lowest BCUT2D eigenvalue weighted by Gasteiger charge is -2.11. The summed E-state index contributed by atoms with van der Waals surface area (Å²) in [5.74, 6) is -0.301. The van der Waals surface area contributed by atoms with E-state index < -0.39 is 0 Å². The molecule has 4 nitrogen and oxygen atoms in total. The van der Waals surface area contributed by atoms with Crippen LogP contribution in [0.25, 0.3) is 0 Å². The zero-order valence-corrected chi connectivity index (χ0v) is 9.58. The fourth-order valence-corrected chi connectivity index (χ4v) is 1.65. The topological polar surface area (TPSA) is 61.5 Å². The largest absolute Gasteiger partial charge is 0.460 e. The van der Waals surface area contributed by atoms with E-state index in [1.54, 1.807) is 0 Å². The van der Waals surface area contributed by atoms with Crippen LogP contribution in [0.3, 0.4) is 0 Å². The molecule has 2 N–H and O–H groups in total.